The van der Waals surface area contributed by atoms with Crippen LogP contribution in [0.4, 0.5) is 0 Å². The first-order valence-electron chi connectivity index (χ1n) is 9.97. The van der Waals surface area contributed by atoms with Crippen LogP contribution in [0.25, 0.3) is 11.2 Å². The van der Waals surface area contributed by atoms with Crippen molar-refractivity contribution in [1.29, 1.82) is 0 Å². The Labute approximate surface area is 171 Å². The number of ether oxygens (including phenoxy) is 1. The molecule has 0 fully saturated rings. The number of fused-ring (bicyclic) bond motifs is 1. The second-order valence-corrected chi connectivity index (χ2v) is 7.30. The molecule has 2 heterocycles. The highest BCUT2D eigenvalue weighted by Gasteiger charge is 2.15. The Morgan fingerprint density at radius 3 is 2.41 bits per heavy atom. The van der Waals surface area contributed by atoms with Crippen LogP contribution in [0.1, 0.15) is 52.9 Å². The Morgan fingerprint density at radius 1 is 1.14 bits per heavy atom. The van der Waals surface area contributed by atoms with Gasteiger partial charge in [-0.1, -0.05) is 26.7 Å². The van der Waals surface area contributed by atoms with Crippen LogP contribution >= 0.6 is 8.25 Å². The van der Waals surface area contributed by atoms with E-state index in [0.717, 1.165) is 0 Å². The van der Waals surface area contributed by atoms with E-state index in [9.17, 15) is 14.2 Å². The van der Waals surface area contributed by atoms with E-state index in [2.05, 4.69) is 23.4 Å². The molecule has 0 aliphatic rings. The van der Waals surface area contributed by atoms with Crippen molar-refractivity contribution in [2.24, 2.45) is 7.05 Å². The van der Waals surface area contributed by atoms with E-state index >= 15 is 0 Å². The summed E-state index contributed by atoms with van der Waals surface area (Å²) in [5.74, 6) is 0. The van der Waals surface area contributed by atoms with Gasteiger partial charge in [-0.3, -0.25) is 18.5 Å². The molecule has 0 aliphatic carbocycles. The first-order valence-corrected chi connectivity index (χ1v) is 11.2. The first kappa shape index (κ1) is 25.3. The summed E-state index contributed by atoms with van der Waals surface area (Å²) in [4.78, 5) is 37.8. The molecule has 166 valence electrons. The lowest BCUT2D eigenvalue weighted by Crippen LogP contribution is -2.39. The molecule has 0 bridgehead atoms. The normalized spacial score (nSPS) is 12.0. The quantitative estimate of drug-likeness (QED) is 0.427. The molecule has 0 saturated heterocycles. The highest BCUT2D eigenvalue weighted by atomic mass is 31.1. The van der Waals surface area contributed by atoms with Crippen LogP contribution in [-0.4, -0.2) is 36.8 Å². The maximum absolute atomic E-state index is 12.7. The number of hydrogen-bond donors (Lipinski definition) is 1. The summed E-state index contributed by atoms with van der Waals surface area (Å²) in [5, 5.41) is 0. The number of imidazole rings is 1. The van der Waals surface area contributed by atoms with Crippen molar-refractivity contribution >= 4 is 19.4 Å². The minimum Gasteiger partial charge on any atom is -0.361 e. The van der Waals surface area contributed by atoms with E-state index in [0.29, 0.717) is 37.0 Å². The van der Waals surface area contributed by atoms with E-state index in [1.165, 1.54) is 28.3 Å². The third kappa shape index (κ3) is 7.54. The molecule has 0 aromatic carbocycles. The number of rotatable bonds is 11. The lowest BCUT2D eigenvalue weighted by atomic mass is 10.2. The predicted molar refractivity (Wildman–Crippen MR) is 112 cm³/mol. The van der Waals surface area contributed by atoms with E-state index < -0.39 is 19.5 Å². The molecule has 2 aromatic heterocycles. The molecule has 2 aromatic rings. The van der Waals surface area contributed by atoms with Crippen molar-refractivity contribution in [3.8, 4) is 0 Å². The largest absolute Gasteiger partial charge is 0.361 e. The average molecular weight is 432 g/mol. The fraction of sp³-hybridized carbons (Fsp3) is 0.722. The third-order valence-corrected chi connectivity index (χ3v) is 4.74. The fourth-order valence-electron chi connectivity index (χ4n) is 2.51. The van der Waals surface area contributed by atoms with Crippen molar-refractivity contribution in [3.05, 3.63) is 27.2 Å². The second-order valence-electron chi connectivity index (χ2n) is 6.48. The SMILES string of the molecule is CCCC.CCOCn1cnc2c1c(=O)n(CCCCCO[PH](=O)O)c(=O)n2C. The number of unbranched alkanes of at least 4 members (excludes halogenated alkanes) is 3. The number of aryl methyl sites for hydroxylation is 1. The zero-order valence-electron chi connectivity index (χ0n) is 17.7. The zero-order chi connectivity index (χ0) is 21.8. The Balaban J connectivity index is 0.000000960. The van der Waals surface area contributed by atoms with Crippen molar-refractivity contribution in [2.45, 2.75) is 66.2 Å². The summed E-state index contributed by atoms with van der Waals surface area (Å²) >= 11 is 0. The number of nitrogens with zero attached hydrogens (tertiary/aromatic N) is 4. The average Bonchev–Trinajstić information content (AvgIpc) is 3.13. The first-order chi connectivity index (χ1) is 13.9. The summed E-state index contributed by atoms with van der Waals surface area (Å²) in [5.41, 5.74) is -0.159. The molecule has 1 unspecified atom stereocenters. The Hall–Kier alpha value is -1.74. The summed E-state index contributed by atoms with van der Waals surface area (Å²) < 4.78 is 24.5. The van der Waals surface area contributed by atoms with Crippen LogP contribution in [0.5, 0.6) is 0 Å². The topological polar surface area (TPSA) is 118 Å². The Bertz CT molecular complexity index is 887. The molecule has 0 aliphatic heterocycles. The van der Waals surface area contributed by atoms with Gasteiger partial charge in [-0.05, 0) is 26.2 Å². The van der Waals surface area contributed by atoms with Gasteiger partial charge in [0.1, 0.15) is 6.73 Å². The van der Waals surface area contributed by atoms with Gasteiger partial charge >= 0.3 is 13.9 Å². The van der Waals surface area contributed by atoms with Gasteiger partial charge in [0.15, 0.2) is 11.2 Å². The summed E-state index contributed by atoms with van der Waals surface area (Å²) in [6.07, 6.45) is 5.95. The minimum atomic E-state index is -2.90. The molecule has 0 saturated carbocycles. The van der Waals surface area contributed by atoms with Gasteiger partial charge in [0.25, 0.3) is 5.56 Å². The highest BCUT2D eigenvalue weighted by molar-refractivity contribution is 7.32. The van der Waals surface area contributed by atoms with Crippen LogP contribution < -0.4 is 11.2 Å². The molecule has 11 heteroatoms. The molecule has 29 heavy (non-hydrogen) atoms. The third-order valence-electron chi connectivity index (χ3n) is 4.29. The molecular formula is C18H33N4O6P. The number of aromatic nitrogens is 4. The van der Waals surface area contributed by atoms with Gasteiger partial charge < -0.3 is 18.7 Å². The van der Waals surface area contributed by atoms with E-state index in [-0.39, 0.29) is 19.9 Å². The second kappa shape index (κ2) is 13.5. The van der Waals surface area contributed by atoms with Gasteiger partial charge in [0.05, 0.1) is 12.9 Å². The Kier molecular flexibility index (Phi) is 11.8. The lowest BCUT2D eigenvalue weighted by Gasteiger charge is -2.10. The molecular weight excluding hydrogens is 399 g/mol. The molecule has 1 atom stereocenters. The lowest BCUT2D eigenvalue weighted by molar-refractivity contribution is 0.0903. The monoisotopic (exact) mass is 432 g/mol. The Morgan fingerprint density at radius 2 is 1.83 bits per heavy atom. The van der Waals surface area contributed by atoms with Crippen LogP contribution in [-0.2, 0) is 34.1 Å². The van der Waals surface area contributed by atoms with Gasteiger partial charge in [0, 0.05) is 20.2 Å². The fourth-order valence-corrected chi connectivity index (χ4v) is 2.83. The van der Waals surface area contributed by atoms with Gasteiger partial charge in [-0.15, -0.1) is 0 Å². The molecule has 0 radical (unpaired) electrons. The van der Waals surface area contributed by atoms with E-state index in [1.807, 2.05) is 6.92 Å². The van der Waals surface area contributed by atoms with E-state index in [4.69, 9.17) is 9.63 Å². The summed E-state index contributed by atoms with van der Waals surface area (Å²) in [6, 6.07) is 0. The van der Waals surface area contributed by atoms with Crippen LogP contribution in [0.2, 0.25) is 0 Å². The minimum absolute atomic E-state index is 0.182. The van der Waals surface area contributed by atoms with Gasteiger partial charge in [-0.25, -0.2) is 9.78 Å². The highest BCUT2D eigenvalue weighted by Crippen LogP contribution is 2.15. The van der Waals surface area contributed by atoms with Crippen molar-refractivity contribution in [2.75, 3.05) is 13.2 Å². The zero-order valence-corrected chi connectivity index (χ0v) is 18.7. The van der Waals surface area contributed by atoms with Crippen LogP contribution in [0.15, 0.2) is 15.9 Å². The van der Waals surface area contributed by atoms with E-state index in [1.54, 1.807) is 11.6 Å². The number of hydrogen-bond acceptors (Lipinski definition) is 6. The molecule has 0 amide bonds. The van der Waals surface area contributed by atoms with Crippen molar-refractivity contribution in [3.63, 3.8) is 0 Å². The maximum atomic E-state index is 12.7. The molecule has 10 nitrogen and oxygen atoms in total. The summed E-state index contributed by atoms with van der Waals surface area (Å²) in [7, 11) is -1.33. The van der Waals surface area contributed by atoms with Crippen molar-refractivity contribution < 1.29 is 18.7 Å². The van der Waals surface area contributed by atoms with Crippen molar-refractivity contribution in [1.82, 2.24) is 18.7 Å². The predicted octanol–water partition coefficient (Wildman–Crippen LogP) is 2.27. The van der Waals surface area contributed by atoms with Crippen LogP contribution in [0, 0.1) is 0 Å². The molecule has 0 spiro atoms. The summed E-state index contributed by atoms with van der Waals surface area (Å²) in [6.45, 7) is 7.35. The molecule has 2 rings (SSSR count). The molecule has 1 N–H and O–H groups in total. The standard InChI is InChI=1S/C14H23N4O6P.C4H10/c1-3-23-10-17-9-15-12-11(17)13(19)18(14(20)16(12)2)7-5-4-6-8-24-25(21)22;1-3-4-2/h9,25H,3-8,10H2,1-2H3,(H,21,22);3-4H2,1-2H3. The van der Waals surface area contributed by atoms with Gasteiger partial charge in [-0.2, -0.15) is 0 Å². The van der Waals surface area contributed by atoms with Gasteiger partial charge in [0.2, 0.25) is 0 Å². The smallest absolute Gasteiger partial charge is 0.332 e. The van der Waals surface area contributed by atoms with Crippen LogP contribution in [0.3, 0.4) is 0 Å². The maximum Gasteiger partial charge on any atom is 0.332 e.